The summed E-state index contributed by atoms with van der Waals surface area (Å²) < 4.78 is 0. The van der Waals surface area contributed by atoms with Crippen LogP contribution in [-0.2, 0) is 28.4 Å². The molecule has 0 rings (SSSR count). The molecule has 0 aromatic heterocycles. The minimum absolute atomic E-state index is 1.19. The van der Waals surface area contributed by atoms with Crippen LogP contribution in [-0.4, -0.2) is 40.0 Å². The van der Waals surface area contributed by atoms with E-state index in [0.717, 1.165) is 0 Å². The molecule has 0 fully saturated rings. The minimum atomic E-state index is 1.19. The second-order valence-corrected chi connectivity index (χ2v) is 6.18. The van der Waals surface area contributed by atoms with Gasteiger partial charge in [-0.15, -0.1) is 0 Å². The summed E-state index contributed by atoms with van der Waals surface area (Å²) in [4.78, 5) is 0. The van der Waals surface area contributed by atoms with Gasteiger partial charge >= 0.3 is 68.3 Å². The van der Waals surface area contributed by atoms with Crippen LogP contribution >= 0.6 is 0 Å². The van der Waals surface area contributed by atoms with Gasteiger partial charge in [-0.1, -0.05) is 0 Å². The molecular formula is AgCoSe3. The van der Waals surface area contributed by atoms with Gasteiger partial charge in [0.05, 0.1) is 0 Å². The van der Waals surface area contributed by atoms with Crippen LogP contribution in [0, 0.1) is 0 Å². The predicted octanol–water partition coefficient (Wildman–Crippen LogP) is -1.15. The Morgan fingerprint density at radius 1 is 1.20 bits per heavy atom. The van der Waals surface area contributed by atoms with Gasteiger partial charge in [-0.2, -0.15) is 0 Å². The molecule has 0 aromatic rings. The second-order valence-electron chi connectivity index (χ2n) is 0.0556. The zero-order chi connectivity index (χ0) is 4.71. The summed E-state index contributed by atoms with van der Waals surface area (Å²) in [5.74, 6) is 0. The van der Waals surface area contributed by atoms with Crippen molar-refractivity contribution < 1.29 is 28.4 Å². The average molecular weight is 404 g/mol. The van der Waals surface area contributed by atoms with Gasteiger partial charge in [0.15, 0.2) is 0 Å². The Morgan fingerprint density at radius 3 is 1.20 bits per heavy atom. The SMILES string of the molecule is [Se]=[Ag].[Se]=[Co]=[Se]. The molecule has 0 atom stereocenters. The van der Waals surface area contributed by atoms with E-state index in [0.29, 0.717) is 0 Å². The third kappa shape index (κ3) is 20.0. The molecule has 0 heterocycles. The zero-order valence-electron chi connectivity index (χ0n) is 1.86. The molecule has 0 aliphatic carbocycles. The van der Waals surface area contributed by atoms with Crippen LogP contribution in [0.2, 0.25) is 0 Å². The fourth-order valence-corrected chi connectivity index (χ4v) is 0. The summed E-state index contributed by atoms with van der Waals surface area (Å²) in [6.45, 7) is 0. The van der Waals surface area contributed by atoms with Gasteiger partial charge in [-0.3, -0.25) is 0 Å². The Bertz CT molecular complexity index is 36.2. The summed E-state index contributed by atoms with van der Waals surface area (Å²) in [5.41, 5.74) is 0. The van der Waals surface area contributed by atoms with Gasteiger partial charge in [0.2, 0.25) is 0 Å². The van der Waals surface area contributed by atoms with E-state index in [2.05, 4.69) is 58.3 Å². The van der Waals surface area contributed by atoms with E-state index in [9.17, 15) is 0 Å². The predicted molar refractivity (Wildman–Crippen MR) is 17.3 cm³/mol. The van der Waals surface area contributed by atoms with Crippen LogP contribution in [0.4, 0.5) is 0 Å². The third-order valence-electron chi connectivity index (χ3n) is 0. The molecule has 38 valence electrons. The van der Waals surface area contributed by atoms with Crippen LogP contribution in [0.5, 0.6) is 0 Å². The molecule has 0 aromatic carbocycles. The second kappa shape index (κ2) is 15.8. The van der Waals surface area contributed by atoms with Gasteiger partial charge in [0.25, 0.3) is 0 Å². The molecule has 0 saturated carbocycles. The topological polar surface area (TPSA) is 0 Å². The molecule has 0 unspecified atom stereocenters. The van der Waals surface area contributed by atoms with E-state index in [1.165, 1.54) is 10.0 Å². The maximum atomic E-state index is 2.82. The first-order valence-corrected chi connectivity index (χ1v) is 9.61. The van der Waals surface area contributed by atoms with Gasteiger partial charge in [-0.05, 0) is 0 Å². The Kier molecular flexibility index (Phi) is 34.0. The fraction of sp³-hybridized carbons (Fsp3) is 0. The molecule has 0 radical (unpaired) electrons. The molecule has 5 heavy (non-hydrogen) atoms. The first-order valence-electron chi connectivity index (χ1n) is 0.395. The first kappa shape index (κ1) is 10.7. The summed E-state index contributed by atoms with van der Waals surface area (Å²) in [6.07, 6.45) is 0. The van der Waals surface area contributed by atoms with Crippen LogP contribution in [0.1, 0.15) is 0 Å². The third-order valence-corrected chi connectivity index (χ3v) is 0. The molecule has 0 aliphatic heterocycles. The van der Waals surface area contributed by atoms with E-state index in [1.807, 2.05) is 0 Å². The maximum absolute atomic E-state index is 2.82. The molecule has 0 saturated heterocycles. The summed E-state index contributed by atoms with van der Waals surface area (Å²) in [7, 11) is 1.19. The van der Waals surface area contributed by atoms with Crippen molar-refractivity contribution in [1.29, 1.82) is 0 Å². The van der Waals surface area contributed by atoms with E-state index < -0.39 is 0 Å². The van der Waals surface area contributed by atoms with E-state index >= 15 is 0 Å². The fourth-order valence-electron chi connectivity index (χ4n) is 0. The van der Waals surface area contributed by atoms with Crippen molar-refractivity contribution in [3.63, 3.8) is 0 Å². The molecule has 0 N–H and O–H groups in total. The zero-order valence-corrected chi connectivity index (χ0v) is 9.52. The molecule has 5 heteroatoms. The van der Waals surface area contributed by atoms with Crippen LogP contribution in [0.15, 0.2) is 0 Å². The number of hydrogen-bond donors (Lipinski definition) is 0. The average Bonchev–Trinajstić information content (AvgIpc) is 1.46. The molecule has 0 bridgehead atoms. The standard InChI is InChI=1S/Ag.Co.3Se. The quantitative estimate of drug-likeness (QED) is 0.448. The normalized spacial score (nSPS) is 4.40. The van der Waals surface area contributed by atoms with Gasteiger partial charge in [-0.25, -0.2) is 0 Å². The molecule has 0 nitrogen and oxygen atoms in total. The van der Waals surface area contributed by atoms with Crippen LogP contribution in [0.3, 0.4) is 0 Å². The number of hydrogen-bond acceptors (Lipinski definition) is 0. The van der Waals surface area contributed by atoms with Crippen molar-refractivity contribution in [3.05, 3.63) is 0 Å². The monoisotopic (exact) mass is 406 g/mol. The van der Waals surface area contributed by atoms with Gasteiger partial charge in [0.1, 0.15) is 0 Å². The van der Waals surface area contributed by atoms with Crippen molar-refractivity contribution in [3.8, 4) is 0 Å². The van der Waals surface area contributed by atoms with Gasteiger partial charge in [0, 0.05) is 0 Å². The van der Waals surface area contributed by atoms with Crippen molar-refractivity contribution in [2.75, 3.05) is 0 Å². The van der Waals surface area contributed by atoms with Crippen molar-refractivity contribution in [2.45, 2.75) is 0 Å². The van der Waals surface area contributed by atoms with Crippen molar-refractivity contribution in [1.82, 2.24) is 0 Å². The van der Waals surface area contributed by atoms with E-state index in [4.69, 9.17) is 0 Å². The summed E-state index contributed by atoms with van der Waals surface area (Å²) in [6, 6.07) is 0. The van der Waals surface area contributed by atoms with Gasteiger partial charge < -0.3 is 0 Å². The van der Waals surface area contributed by atoms with E-state index in [-0.39, 0.29) is 0 Å². The summed E-state index contributed by atoms with van der Waals surface area (Å²) >= 11 is 10.7. The molecule has 0 spiro atoms. The molecular weight excluding hydrogens is 404 g/mol. The molecule has 0 amide bonds. The summed E-state index contributed by atoms with van der Waals surface area (Å²) in [5, 5.41) is 0. The first-order chi connectivity index (χ1) is 2.41. The van der Waals surface area contributed by atoms with Crippen LogP contribution in [0.25, 0.3) is 0 Å². The Morgan fingerprint density at radius 2 is 1.20 bits per heavy atom. The molecule has 0 aliphatic rings. The Balaban J connectivity index is 0. The van der Waals surface area contributed by atoms with Crippen molar-refractivity contribution >= 4 is 40.0 Å². The Labute approximate surface area is 67.1 Å². The van der Waals surface area contributed by atoms with Crippen LogP contribution < -0.4 is 0 Å². The van der Waals surface area contributed by atoms with E-state index in [1.54, 1.807) is 0 Å². The Hall–Kier alpha value is 2.81. The number of rotatable bonds is 0. The van der Waals surface area contributed by atoms with Crippen molar-refractivity contribution in [2.24, 2.45) is 0 Å².